The largest absolute Gasteiger partial charge is 0.494 e. The van der Waals surface area contributed by atoms with Crippen LogP contribution >= 0.6 is 0 Å². The second kappa shape index (κ2) is 9.73. The highest BCUT2D eigenvalue weighted by atomic mass is 16.5. The van der Waals surface area contributed by atoms with Gasteiger partial charge in [0.2, 0.25) is 11.9 Å². The molecule has 1 atom stereocenters. The summed E-state index contributed by atoms with van der Waals surface area (Å²) in [6, 6.07) is 12.3. The first-order valence-electron chi connectivity index (χ1n) is 13.1. The Morgan fingerprint density at radius 3 is 2.80 bits per heavy atom. The van der Waals surface area contributed by atoms with Crippen molar-refractivity contribution >= 4 is 45.5 Å². The van der Waals surface area contributed by atoms with Crippen molar-refractivity contribution in [1.29, 1.82) is 5.26 Å². The van der Waals surface area contributed by atoms with Gasteiger partial charge in [0.15, 0.2) is 0 Å². The Kier molecular flexibility index (Phi) is 6.19. The zero-order chi connectivity index (χ0) is 28.1. The van der Waals surface area contributed by atoms with E-state index < -0.39 is 0 Å². The summed E-state index contributed by atoms with van der Waals surface area (Å²) in [5.41, 5.74) is 12.0. The number of nitrogens with zero attached hydrogens (tertiary/aromatic N) is 7. The van der Waals surface area contributed by atoms with Gasteiger partial charge in [-0.05, 0) is 32.6 Å². The number of carbonyl (C=O) groups is 1. The fourth-order valence-corrected chi connectivity index (χ4v) is 5.67. The third-order valence-corrected chi connectivity index (χ3v) is 7.91. The van der Waals surface area contributed by atoms with E-state index in [0.29, 0.717) is 40.4 Å². The summed E-state index contributed by atoms with van der Waals surface area (Å²) >= 11 is 0. The number of nitrogen functional groups attached to an aromatic ring is 1. The average Bonchev–Trinajstić information content (AvgIpc) is 3.58. The number of hydrogen-bond acceptors (Lipinski definition) is 9. The molecular formula is C29H31N9O2. The standard InChI is InChI=1S/C29H31N9O2/c1-35(2)18-8-9-37(14-18)24-11-25(40-4)22(10-21(24)31)33-29-32-13-17(12-30)27(34-29)20-15-38-16-26(39)36(3)23-7-5-6-19(20)28(23)38/h5-7,10-11,13,15,18H,8-9,14,16,31H2,1-4H3,(H,32,33,34). The number of para-hydroxylation sites is 1. The van der Waals surface area contributed by atoms with E-state index in [1.807, 2.05) is 41.1 Å². The monoisotopic (exact) mass is 537 g/mol. The molecule has 0 radical (unpaired) electrons. The van der Waals surface area contributed by atoms with Crippen molar-refractivity contribution in [1.82, 2.24) is 19.4 Å². The van der Waals surface area contributed by atoms with Crippen molar-refractivity contribution < 1.29 is 9.53 Å². The molecule has 0 saturated carbocycles. The topological polar surface area (TPSA) is 129 Å². The summed E-state index contributed by atoms with van der Waals surface area (Å²) in [6.07, 6.45) is 4.46. The summed E-state index contributed by atoms with van der Waals surface area (Å²) in [7, 11) is 7.58. The number of benzene rings is 2. The van der Waals surface area contributed by atoms with Crippen molar-refractivity contribution in [3.63, 3.8) is 0 Å². The van der Waals surface area contributed by atoms with E-state index in [1.165, 1.54) is 6.20 Å². The van der Waals surface area contributed by atoms with Crippen LogP contribution in [0.15, 0.2) is 42.7 Å². The maximum Gasteiger partial charge on any atom is 0.246 e. The summed E-state index contributed by atoms with van der Waals surface area (Å²) < 4.78 is 7.64. The van der Waals surface area contributed by atoms with Gasteiger partial charge in [0.25, 0.3) is 0 Å². The summed E-state index contributed by atoms with van der Waals surface area (Å²) in [5.74, 6) is 0.904. The van der Waals surface area contributed by atoms with Gasteiger partial charge in [0.05, 0.1) is 52.8 Å². The highest BCUT2D eigenvalue weighted by molar-refractivity contribution is 6.10. The molecule has 3 N–H and O–H groups in total. The number of nitrogens with one attached hydrogen (secondary N) is 1. The first-order chi connectivity index (χ1) is 19.3. The quantitative estimate of drug-likeness (QED) is 0.356. The average molecular weight is 538 g/mol. The molecule has 4 heterocycles. The van der Waals surface area contributed by atoms with Crippen LogP contribution in [0.1, 0.15) is 12.0 Å². The number of carbonyl (C=O) groups excluding carboxylic acids is 1. The van der Waals surface area contributed by atoms with Gasteiger partial charge >= 0.3 is 0 Å². The van der Waals surface area contributed by atoms with E-state index in [1.54, 1.807) is 19.1 Å². The Labute approximate surface area is 232 Å². The van der Waals surface area contributed by atoms with Crippen LogP contribution in [-0.4, -0.2) is 72.7 Å². The summed E-state index contributed by atoms with van der Waals surface area (Å²) in [5, 5.41) is 14.0. The van der Waals surface area contributed by atoms with Crippen LogP contribution in [-0.2, 0) is 11.3 Å². The van der Waals surface area contributed by atoms with Crippen LogP contribution in [0.4, 0.5) is 28.7 Å². The summed E-state index contributed by atoms with van der Waals surface area (Å²) in [4.78, 5) is 27.9. The molecule has 11 heteroatoms. The highest BCUT2D eigenvalue weighted by Gasteiger charge is 2.28. The van der Waals surface area contributed by atoms with Crippen molar-refractivity contribution in [2.75, 3.05) is 62.2 Å². The Morgan fingerprint density at radius 2 is 2.08 bits per heavy atom. The maximum atomic E-state index is 12.6. The third-order valence-electron chi connectivity index (χ3n) is 7.91. The number of nitriles is 1. The van der Waals surface area contributed by atoms with E-state index in [4.69, 9.17) is 15.5 Å². The lowest BCUT2D eigenvalue weighted by molar-refractivity contribution is -0.119. The number of rotatable bonds is 6. The lowest BCUT2D eigenvalue weighted by Gasteiger charge is -2.24. The summed E-state index contributed by atoms with van der Waals surface area (Å²) in [6.45, 7) is 2.03. The van der Waals surface area contributed by atoms with Gasteiger partial charge in [-0.15, -0.1) is 0 Å². The van der Waals surface area contributed by atoms with Gasteiger partial charge in [-0.1, -0.05) is 12.1 Å². The van der Waals surface area contributed by atoms with Crippen LogP contribution < -0.4 is 25.6 Å². The zero-order valence-electron chi connectivity index (χ0n) is 23.0. The SMILES string of the molecule is COc1cc(N2CCC(N(C)C)C2)c(N)cc1Nc1ncc(C#N)c(-c2cn3c4c(cccc24)N(C)C(=O)C3)n1. The first kappa shape index (κ1) is 25.5. The van der Waals surface area contributed by atoms with Gasteiger partial charge in [0, 0.05) is 49.4 Å². The molecule has 1 saturated heterocycles. The fraction of sp³-hybridized carbons (Fsp3) is 0.310. The second-order valence-electron chi connectivity index (χ2n) is 10.5. The molecule has 2 aromatic heterocycles. The van der Waals surface area contributed by atoms with Gasteiger partial charge in [-0.3, -0.25) is 4.79 Å². The minimum absolute atomic E-state index is 0.00741. The van der Waals surface area contributed by atoms with Gasteiger partial charge < -0.3 is 35.1 Å². The first-order valence-corrected chi connectivity index (χ1v) is 13.1. The molecule has 40 heavy (non-hydrogen) atoms. The molecule has 1 amide bonds. The van der Waals surface area contributed by atoms with Gasteiger partial charge in [-0.2, -0.15) is 5.26 Å². The van der Waals surface area contributed by atoms with Crippen molar-refractivity contribution in [2.45, 2.75) is 19.0 Å². The van der Waals surface area contributed by atoms with Gasteiger partial charge in [-0.25, -0.2) is 9.97 Å². The molecule has 2 aromatic carbocycles. The number of aromatic nitrogens is 3. The molecule has 4 aromatic rings. The number of hydrogen-bond donors (Lipinski definition) is 2. The van der Waals surface area contributed by atoms with Crippen molar-refractivity contribution in [3.8, 4) is 23.1 Å². The minimum atomic E-state index is -0.00741. The minimum Gasteiger partial charge on any atom is -0.494 e. The van der Waals surface area contributed by atoms with Crippen LogP contribution in [0, 0.1) is 11.3 Å². The predicted octanol–water partition coefficient (Wildman–Crippen LogP) is 3.42. The molecule has 1 fully saturated rings. The van der Waals surface area contributed by atoms with Crippen LogP contribution in [0.3, 0.4) is 0 Å². The van der Waals surface area contributed by atoms with Crippen LogP contribution in [0.2, 0.25) is 0 Å². The van der Waals surface area contributed by atoms with E-state index >= 15 is 0 Å². The van der Waals surface area contributed by atoms with Crippen molar-refractivity contribution in [2.24, 2.45) is 0 Å². The van der Waals surface area contributed by atoms with E-state index in [0.717, 1.165) is 47.4 Å². The number of amides is 1. The number of ether oxygens (including phenoxy) is 1. The van der Waals surface area contributed by atoms with E-state index in [9.17, 15) is 10.1 Å². The maximum absolute atomic E-state index is 12.6. The van der Waals surface area contributed by atoms with Crippen LogP contribution in [0.25, 0.3) is 22.2 Å². The third kappa shape index (κ3) is 4.13. The molecule has 2 aliphatic rings. The normalized spacial score (nSPS) is 16.6. The van der Waals surface area contributed by atoms with E-state index in [2.05, 4.69) is 40.3 Å². The van der Waals surface area contributed by atoms with E-state index in [-0.39, 0.29) is 12.5 Å². The Balaban J connectivity index is 1.37. The molecule has 0 aliphatic carbocycles. The molecular weight excluding hydrogens is 506 g/mol. The lowest BCUT2D eigenvalue weighted by Crippen LogP contribution is -2.33. The van der Waals surface area contributed by atoms with Crippen LogP contribution in [0.5, 0.6) is 5.75 Å². The molecule has 0 bridgehead atoms. The fourth-order valence-electron chi connectivity index (χ4n) is 5.67. The molecule has 2 aliphatic heterocycles. The van der Waals surface area contributed by atoms with Crippen molar-refractivity contribution in [3.05, 3.63) is 48.3 Å². The molecule has 6 rings (SSSR count). The number of likely N-dealkylation sites (N-methyl/N-ethyl adjacent to an activating group) is 2. The second-order valence-corrected chi connectivity index (χ2v) is 10.5. The molecule has 11 nitrogen and oxygen atoms in total. The molecule has 204 valence electrons. The Hall–Kier alpha value is -4.82. The molecule has 1 unspecified atom stereocenters. The zero-order valence-corrected chi connectivity index (χ0v) is 23.0. The Morgan fingerprint density at radius 1 is 1.25 bits per heavy atom. The van der Waals surface area contributed by atoms with Gasteiger partial charge in [0.1, 0.15) is 18.4 Å². The number of anilines is 5. The lowest BCUT2D eigenvalue weighted by atomic mass is 10.1. The number of nitrogens with two attached hydrogens (primary N) is 1. The Bertz CT molecular complexity index is 1690. The number of methoxy groups -OCH3 is 1. The predicted molar refractivity (Wildman–Crippen MR) is 156 cm³/mol. The molecule has 0 spiro atoms. The highest BCUT2D eigenvalue weighted by Crippen LogP contribution is 2.40. The smallest absolute Gasteiger partial charge is 0.246 e.